The van der Waals surface area contributed by atoms with Crippen molar-refractivity contribution in [3.63, 3.8) is 0 Å². The van der Waals surface area contributed by atoms with E-state index in [1.807, 2.05) is 13.8 Å². The number of carboxylic acids is 1. The van der Waals surface area contributed by atoms with Gasteiger partial charge in [0, 0.05) is 12.2 Å². The zero-order valence-corrected chi connectivity index (χ0v) is 10.6. The third kappa shape index (κ3) is 4.74. The van der Waals surface area contributed by atoms with E-state index in [1.54, 1.807) is 0 Å². The van der Waals surface area contributed by atoms with Crippen LogP contribution in [-0.2, 0) is 4.79 Å². The second-order valence-corrected chi connectivity index (χ2v) is 4.14. The minimum Gasteiger partial charge on any atom is -0.477 e. The molecule has 0 aliphatic rings. The Morgan fingerprint density at radius 1 is 1.32 bits per heavy atom. The zero-order valence-electron chi connectivity index (χ0n) is 10.6. The topological polar surface area (TPSA) is 108 Å². The van der Waals surface area contributed by atoms with Gasteiger partial charge in [-0.05, 0) is 26.0 Å². The monoisotopic (exact) mass is 265 g/mol. The van der Waals surface area contributed by atoms with Crippen molar-refractivity contribution in [2.24, 2.45) is 0 Å². The highest BCUT2D eigenvalue weighted by Gasteiger charge is 2.10. The van der Waals surface area contributed by atoms with Gasteiger partial charge in [-0.2, -0.15) is 0 Å². The van der Waals surface area contributed by atoms with Gasteiger partial charge in [-0.25, -0.2) is 9.78 Å². The maximum atomic E-state index is 11.6. The van der Waals surface area contributed by atoms with Gasteiger partial charge < -0.3 is 15.7 Å². The lowest BCUT2D eigenvalue weighted by atomic mass is 10.2. The van der Waals surface area contributed by atoms with Crippen LogP contribution < -0.4 is 10.6 Å². The zero-order chi connectivity index (χ0) is 14.4. The summed E-state index contributed by atoms with van der Waals surface area (Å²) in [6.45, 7) is 3.49. The average molecular weight is 265 g/mol. The van der Waals surface area contributed by atoms with Gasteiger partial charge in [-0.3, -0.25) is 9.59 Å². The molecule has 0 aliphatic heterocycles. The van der Waals surface area contributed by atoms with E-state index < -0.39 is 11.9 Å². The third-order valence-electron chi connectivity index (χ3n) is 2.10. The molecule has 1 aromatic rings. The second kappa shape index (κ2) is 6.48. The van der Waals surface area contributed by atoms with E-state index in [0.29, 0.717) is 0 Å². The number of hydrogen-bond donors (Lipinski definition) is 3. The Bertz CT molecular complexity index is 482. The number of amides is 2. The molecule has 1 heterocycles. The van der Waals surface area contributed by atoms with Gasteiger partial charge in [0.15, 0.2) is 0 Å². The Balaban J connectivity index is 2.54. The lowest BCUT2D eigenvalue weighted by molar-refractivity contribution is -0.120. The van der Waals surface area contributed by atoms with Crippen LogP contribution in [0.4, 0.5) is 0 Å². The summed E-state index contributed by atoms with van der Waals surface area (Å²) < 4.78 is 0. The first-order chi connectivity index (χ1) is 8.90. The van der Waals surface area contributed by atoms with Crippen LogP contribution in [-0.4, -0.2) is 40.5 Å². The quantitative estimate of drug-likeness (QED) is 0.696. The molecule has 0 radical (unpaired) electrons. The van der Waals surface area contributed by atoms with Crippen molar-refractivity contribution in [1.82, 2.24) is 15.6 Å². The standard InChI is InChI=1S/C12H15N3O4/c1-7(2)15-10(16)6-14-11(17)8-3-4-9(12(18)19)13-5-8/h3-5,7H,6H2,1-2H3,(H,14,17)(H,15,16)(H,18,19). The Morgan fingerprint density at radius 3 is 2.47 bits per heavy atom. The number of hydrogen-bond acceptors (Lipinski definition) is 4. The van der Waals surface area contributed by atoms with E-state index in [0.717, 1.165) is 6.20 Å². The lowest BCUT2D eigenvalue weighted by Crippen LogP contribution is -2.39. The Hall–Kier alpha value is -2.44. The number of nitrogens with zero attached hydrogens (tertiary/aromatic N) is 1. The average Bonchev–Trinajstić information content (AvgIpc) is 2.35. The van der Waals surface area contributed by atoms with Gasteiger partial charge >= 0.3 is 5.97 Å². The van der Waals surface area contributed by atoms with Gasteiger partial charge in [0.1, 0.15) is 5.69 Å². The molecule has 0 spiro atoms. The van der Waals surface area contributed by atoms with Crippen LogP contribution in [0.2, 0.25) is 0 Å². The molecule has 1 rings (SSSR count). The van der Waals surface area contributed by atoms with Crippen molar-refractivity contribution in [1.29, 1.82) is 0 Å². The number of aromatic carboxylic acids is 1. The van der Waals surface area contributed by atoms with Crippen LogP contribution in [0, 0.1) is 0 Å². The van der Waals surface area contributed by atoms with Crippen molar-refractivity contribution in [3.8, 4) is 0 Å². The minimum absolute atomic E-state index is 0.000851. The molecule has 0 fully saturated rings. The van der Waals surface area contributed by atoms with E-state index in [2.05, 4.69) is 15.6 Å². The summed E-state index contributed by atoms with van der Waals surface area (Å²) in [5.41, 5.74) is 0.0523. The number of nitrogens with one attached hydrogen (secondary N) is 2. The molecule has 0 unspecified atom stereocenters. The number of aromatic nitrogens is 1. The Morgan fingerprint density at radius 2 is 2.00 bits per heavy atom. The summed E-state index contributed by atoms with van der Waals surface area (Å²) in [5.74, 6) is -1.94. The number of carbonyl (C=O) groups is 3. The van der Waals surface area contributed by atoms with Gasteiger partial charge in [0.2, 0.25) is 5.91 Å². The highest BCUT2D eigenvalue weighted by Crippen LogP contribution is 2.00. The normalized spacial score (nSPS) is 10.1. The van der Waals surface area contributed by atoms with E-state index in [4.69, 9.17) is 5.11 Å². The molecule has 3 N–H and O–H groups in total. The molecule has 7 heteroatoms. The van der Waals surface area contributed by atoms with Crippen LogP contribution in [0.25, 0.3) is 0 Å². The molecule has 0 saturated heterocycles. The predicted octanol–water partition coefficient (Wildman–Crippen LogP) is 0.0342. The molecule has 2 amide bonds. The molecule has 0 atom stereocenters. The van der Waals surface area contributed by atoms with Crippen molar-refractivity contribution < 1.29 is 19.5 Å². The number of carboxylic acid groups (broad SMARTS) is 1. The number of carbonyl (C=O) groups excluding carboxylic acids is 2. The maximum absolute atomic E-state index is 11.6. The van der Waals surface area contributed by atoms with E-state index >= 15 is 0 Å². The maximum Gasteiger partial charge on any atom is 0.354 e. The van der Waals surface area contributed by atoms with E-state index in [-0.39, 0.29) is 29.8 Å². The summed E-state index contributed by atoms with van der Waals surface area (Å²) in [7, 11) is 0. The van der Waals surface area contributed by atoms with Gasteiger partial charge in [-0.15, -0.1) is 0 Å². The van der Waals surface area contributed by atoms with Gasteiger partial charge in [0.05, 0.1) is 12.1 Å². The summed E-state index contributed by atoms with van der Waals surface area (Å²) in [4.78, 5) is 37.1. The fraction of sp³-hybridized carbons (Fsp3) is 0.333. The summed E-state index contributed by atoms with van der Waals surface area (Å²) in [5, 5.41) is 13.7. The van der Waals surface area contributed by atoms with Crippen LogP contribution in [0.5, 0.6) is 0 Å². The van der Waals surface area contributed by atoms with Crippen LogP contribution in [0.3, 0.4) is 0 Å². The van der Waals surface area contributed by atoms with Crippen LogP contribution >= 0.6 is 0 Å². The smallest absolute Gasteiger partial charge is 0.354 e. The molecular weight excluding hydrogens is 250 g/mol. The lowest BCUT2D eigenvalue weighted by Gasteiger charge is -2.09. The van der Waals surface area contributed by atoms with Gasteiger partial charge in [-0.1, -0.05) is 0 Å². The third-order valence-corrected chi connectivity index (χ3v) is 2.10. The Kier molecular flexibility index (Phi) is 4.99. The van der Waals surface area contributed by atoms with E-state index in [9.17, 15) is 14.4 Å². The molecule has 7 nitrogen and oxygen atoms in total. The molecular formula is C12H15N3O4. The van der Waals surface area contributed by atoms with E-state index in [1.165, 1.54) is 12.1 Å². The summed E-state index contributed by atoms with van der Waals surface area (Å²) >= 11 is 0. The first-order valence-electron chi connectivity index (χ1n) is 5.67. The molecule has 19 heavy (non-hydrogen) atoms. The molecule has 0 saturated carbocycles. The molecule has 1 aromatic heterocycles. The molecule has 102 valence electrons. The van der Waals surface area contributed by atoms with Crippen molar-refractivity contribution >= 4 is 17.8 Å². The Labute approximate surface area is 110 Å². The minimum atomic E-state index is -1.16. The van der Waals surface area contributed by atoms with Crippen LogP contribution in [0.1, 0.15) is 34.7 Å². The highest BCUT2D eigenvalue weighted by atomic mass is 16.4. The molecule has 0 aliphatic carbocycles. The fourth-order valence-corrected chi connectivity index (χ4v) is 1.29. The fourth-order valence-electron chi connectivity index (χ4n) is 1.29. The van der Waals surface area contributed by atoms with Gasteiger partial charge in [0.25, 0.3) is 5.91 Å². The first kappa shape index (κ1) is 14.6. The van der Waals surface area contributed by atoms with Crippen LogP contribution in [0.15, 0.2) is 18.3 Å². The number of pyridine rings is 1. The summed E-state index contributed by atoms with van der Waals surface area (Å²) in [6.07, 6.45) is 1.15. The van der Waals surface area contributed by atoms with Crippen molar-refractivity contribution in [2.45, 2.75) is 19.9 Å². The SMILES string of the molecule is CC(C)NC(=O)CNC(=O)c1ccc(C(=O)O)nc1. The summed E-state index contributed by atoms with van der Waals surface area (Å²) in [6, 6.07) is 2.57. The highest BCUT2D eigenvalue weighted by molar-refractivity contribution is 5.96. The molecule has 0 bridgehead atoms. The van der Waals surface area contributed by atoms with Crippen molar-refractivity contribution in [3.05, 3.63) is 29.6 Å². The number of rotatable bonds is 5. The largest absolute Gasteiger partial charge is 0.477 e. The predicted molar refractivity (Wildman–Crippen MR) is 66.8 cm³/mol. The van der Waals surface area contributed by atoms with Crippen molar-refractivity contribution in [2.75, 3.05) is 6.54 Å². The molecule has 0 aromatic carbocycles. The second-order valence-electron chi connectivity index (χ2n) is 4.14. The first-order valence-corrected chi connectivity index (χ1v) is 5.67.